The van der Waals surface area contributed by atoms with Crippen molar-refractivity contribution in [3.8, 4) is 5.75 Å². The van der Waals surface area contributed by atoms with Gasteiger partial charge in [0.15, 0.2) is 11.6 Å². The number of aromatic nitrogens is 1. The first kappa shape index (κ1) is 21.8. The third-order valence-corrected chi connectivity index (χ3v) is 5.64. The van der Waals surface area contributed by atoms with Gasteiger partial charge in [-0.2, -0.15) is 0 Å². The van der Waals surface area contributed by atoms with Gasteiger partial charge in [0.05, 0.1) is 6.67 Å². The summed E-state index contributed by atoms with van der Waals surface area (Å²) < 4.78 is 20.3. The van der Waals surface area contributed by atoms with E-state index in [9.17, 15) is 4.39 Å². The minimum atomic E-state index is -0.529. The third kappa shape index (κ3) is 4.72. The molecule has 1 aromatic carbocycles. The van der Waals surface area contributed by atoms with E-state index >= 15 is 0 Å². The van der Waals surface area contributed by atoms with Crippen molar-refractivity contribution < 1.29 is 9.13 Å². The van der Waals surface area contributed by atoms with E-state index in [2.05, 4.69) is 20.6 Å². The number of benzene rings is 1. The molecule has 2 bridgehead atoms. The van der Waals surface area contributed by atoms with E-state index in [-0.39, 0.29) is 18.3 Å². The fourth-order valence-corrected chi connectivity index (χ4v) is 3.71. The average Bonchev–Trinajstić information content (AvgIpc) is 3.60. The van der Waals surface area contributed by atoms with E-state index in [1.165, 1.54) is 31.2 Å². The second kappa shape index (κ2) is 9.35. The highest BCUT2D eigenvalue weighted by Gasteiger charge is 2.24. The molecule has 4 rings (SSSR count). The molecule has 0 spiro atoms. The van der Waals surface area contributed by atoms with Gasteiger partial charge in [0.1, 0.15) is 17.8 Å². The molecule has 2 aromatic rings. The quantitative estimate of drug-likeness (QED) is 0.457. The first-order chi connectivity index (χ1) is 15.5. The molecule has 1 aromatic heterocycles. The lowest BCUT2D eigenvalue weighted by Crippen LogP contribution is -2.31. The SMILES string of the molecule is CC1Oc2cc(cnc2N)/C(NCC2CC2)=C(/C=N)CN/C(=N\CN)c2ccc(F)cc21. The highest BCUT2D eigenvalue weighted by molar-refractivity contribution is 6.01. The van der Waals surface area contributed by atoms with Crippen LogP contribution in [-0.2, 0) is 0 Å². The van der Waals surface area contributed by atoms with Crippen molar-refractivity contribution in [1.29, 1.82) is 5.41 Å². The van der Waals surface area contributed by atoms with Crippen LogP contribution >= 0.6 is 0 Å². The zero-order chi connectivity index (χ0) is 22.7. The molecule has 0 radical (unpaired) electrons. The molecule has 9 heteroatoms. The summed E-state index contributed by atoms with van der Waals surface area (Å²) in [6, 6.07) is 6.25. The molecule has 2 aliphatic rings. The Bertz CT molecular complexity index is 1080. The van der Waals surface area contributed by atoms with Crippen molar-refractivity contribution in [3.05, 3.63) is 58.5 Å². The molecular formula is C23H28FN7O. The van der Waals surface area contributed by atoms with Crippen LogP contribution in [0.5, 0.6) is 5.75 Å². The van der Waals surface area contributed by atoms with Crippen molar-refractivity contribution in [1.82, 2.24) is 15.6 Å². The number of nitrogens with zero attached hydrogens (tertiary/aromatic N) is 2. The molecule has 7 N–H and O–H groups in total. The van der Waals surface area contributed by atoms with E-state index < -0.39 is 6.10 Å². The fourth-order valence-electron chi connectivity index (χ4n) is 3.71. The van der Waals surface area contributed by atoms with Gasteiger partial charge < -0.3 is 32.2 Å². The lowest BCUT2D eigenvalue weighted by molar-refractivity contribution is 0.226. The molecular weight excluding hydrogens is 409 g/mol. The van der Waals surface area contributed by atoms with Crippen LogP contribution in [0.2, 0.25) is 0 Å². The maximum atomic E-state index is 14.1. The second-order valence-corrected chi connectivity index (χ2v) is 8.01. The monoisotopic (exact) mass is 437 g/mol. The molecule has 1 unspecified atom stereocenters. The van der Waals surface area contributed by atoms with Crippen LogP contribution in [0.15, 0.2) is 41.0 Å². The Morgan fingerprint density at radius 3 is 2.91 bits per heavy atom. The molecule has 1 saturated carbocycles. The van der Waals surface area contributed by atoms with Crippen molar-refractivity contribution in [2.24, 2.45) is 16.6 Å². The predicted molar refractivity (Wildman–Crippen MR) is 124 cm³/mol. The molecule has 1 aliphatic heterocycles. The Hall–Kier alpha value is -3.46. The van der Waals surface area contributed by atoms with Gasteiger partial charge in [-0.25, -0.2) is 9.37 Å². The van der Waals surface area contributed by atoms with Crippen LogP contribution in [0.1, 0.15) is 42.6 Å². The largest absolute Gasteiger partial charge is 0.482 e. The van der Waals surface area contributed by atoms with Gasteiger partial charge in [0, 0.05) is 53.5 Å². The maximum Gasteiger partial charge on any atom is 0.166 e. The van der Waals surface area contributed by atoms with Gasteiger partial charge in [-0.3, -0.25) is 4.99 Å². The van der Waals surface area contributed by atoms with Crippen LogP contribution in [0.3, 0.4) is 0 Å². The summed E-state index contributed by atoms with van der Waals surface area (Å²) >= 11 is 0. The zero-order valence-electron chi connectivity index (χ0n) is 18.0. The highest BCUT2D eigenvalue weighted by Crippen LogP contribution is 2.32. The van der Waals surface area contributed by atoms with Gasteiger partial charge in [0.25, 0.3) is 0 Å². The van der Waals surface area contributed by atoms with Crippen LogP contribution < -0.4 is 26.8 Å². The molecule has 2 heterocycles. The van der Waals surface area contributed by atoms with Gasteiger partial charge in [-0.05, 0) is 49.9 Å². The van der Waals surface area contributed by atoms with Gasteiger partial charge in [-0.1, -0.05) is 0 Å². The summed E-state index contributed by atoms with van der Waals surface area (Å²) in [7, 11) is 0. The van der Waals surface area contributed by atoms with E-state index in [1.807, 2.05) is 13.0 Å². The predicted octanol–water partition coefficient (Wildman–Crippen LogP) is 2.57. The number of hydrogen-bond acceptors (Lipinski definition) is 7. The number of nitrogen functional groups attached to an aromatic ring is 1. The number of aliphatic imine (C=N–C) groups is 1. The number of amidine groups is 1. The lowest BCUT2D eigenvalue weighted by atomic mass is 10.0. The summed E-state index contributed by atoms with van der Waals surface area (Å²) in [5.74, 6) is 1.39. The summed E-state index contributed by atoms with van der Waals surface area (Å²) in [5, 5.41) is 14.8. The molecule has 1 atom stereocenters. The molecule has 1 fully saturated rings. The number of pyridine rings is 1. The Labute approximate surface area is 186 Å². The average molecular weight is 438 g/mol. The standard InChI is InChI=1S/C23H28FN7O/c1-13-19-7-17(24)4-5-18(19)23(31-12-26)30-11-16(8-25)21(28-9-14-2-3-14)15-6-20(32-13)22(27)29-10-15/h4-8,10,13-14,25,28H,2-3,9,11-12,26H2,1H3,(H2,27,29)(H,30,31)/b21-16+,25-8?. The van der Waals surface area contributed by atoms with Gasteiger partial charge in [0.2, 0.25) is 0 Å². The number of halogens is 1. The van der Waals surface area contributed by atoms with E-state index in [0.717, 1.165) is 17.8 Å². The summed E-state index contributed by atoms with van der Waals surface area (Å²) in [6.07, 6.45) is 4.84. The minimum absolute atomic E-state index is 0.0563. The van der Waals surface area contributed by atoms with Crippen molar-refractivity contribution in [2.45, 2.75) is 25.9 Å². The Morgan fingerprint density at radius 2 is 2.19 bits per heavy atom. The maximum absolute atomic E-state index is 14.1. The van der Waals surface area contributed by atoms with Crippen molar-refractivity contribution in [2.75, 3.05) is 25.5 Å². The molecule has 0 amide bonds. The highest BCUT2D eigenvalue weighted by atomic mass is 19.1. The first-order valence-corrected chi connectivity index (χ1v) is 10.7. The van der Waals surface area contributed by atoms with E-state index in [1.54, 1.807) is 12.3 Å². The number of fused-ring (bicyclic) bond motifs is 3. The summed E-state index contributed by atoms with van der Waals surface area (Å²) in [6.45, 7) is 3.01. The van der Waals surface area contributed by atoms with Crippen LogP contribution in [-0.4, -0.2) is 36.8 Å². The Morgan fingerprint density at radius 1 is 1.38 bits per heavy atom. The first-order valence-electron chi connectivity index (χ1n) is 10.7. The minimum Gasteiger partial charge on any atom is -0.482 e. The topological polar surface area (TPSA) is 134 Å². The number of ether oxygens (including phenoxy) is 1. The van der Waals surface area contributed by atoms with Crippen LogP contribution in [0.25, 0.3) is 5.70 Å². The number of anilines is 1. The Balaban J connectivity index is 1.85. The number of hydrogen-bond donors (Lipinski definition) is 5. The van der Waals surface area contributed by atoms with Gasteiger partial charge >= 0.3 is 0 Å². The number of nitrogens with two attached hydrogens (primary N) is 2. The number of nitrogens with one attached hydrogen (secondary N) is 3. The summed E-state index contributed by atoms with van der Waals surface area (Å²) in [4.78, 5) is 8.70. The second-order valence-electron chi connectivity index (χ2n) is 8.01. The zero-order valence-corrected chi connectivity index (χ0v) is 18.0. The van der Waals surface area contributed by atoms with E-state index in [4.69, 9.17) is 21.6 Å². The van der Waals surface area contributed by atoms with Crippen molar-refractivity contribution >= 4 is 23.6 Å². The molecule has 168 valence electrons. The molecule has 0 saturated heterocycles. The van der Waals surface area contributed by atoms with Crippen molar-refractivity contribution in [3.63, 3.8) is 0 Å². The summed E-state index contributed by atoms with van der Waals surface area (Å²) in [5.41, 5.74) is 15.4. The fraction of sp³-hybridized carbons (Fsp3) is 0.348. The lowest BCUT2D eigenvalue weighted by Gasteiger charge is -2.23. The third-order valence-electron chi connectivity index (χ3n) is 5.64. The molecule has 32 heavy (non-hydrogen) atoms. The molecule has 8 nitrogen and oxygen atoms in total. The van der Waals surface area contributed by atoms with Crippen LogP contribution in [0, 0.1) is 17.1 Å². The smallest absolute Gasteiger partial charge is 0.166 e. The molecule has 1 aliphatic carbocycles. The Kier molecular flexibility index (Phi) is 6.36. The van der Waals surface area contributed by atoms with Gasteiger partial charge in [-0.15, -0.1) is 0 Å². The van der Waals surface area contributed by atoms with E-state index in [0.29, 0.717) is 40.7 Å². The van der Waals surface area contributed by atoms with Crippen LogP contribution in [0.4, 0.5) is 10.2 Å². The normalized spacial score (nSPS) is 22.1. The number of rotatable bonds is 5.